The summed E-state index contributed by atoms with van der Waals surface area (Å²) in [5, 5.41) is 32.3. The number of nitrogens with zero attached hydrogens (tertiary/aromatic N) is 6. The van der Waals surface area contributed by atoms with E-state index in [0.29, 0.717) is 48.2 Å². The Kier molecular flexibility index (Phi) is 11.1. The molecule has 1 saturated carbocycles. The lowest BCUT2D eigenvalue weighted by Gasteiger charge is -2.27. The van der Waals surface area contributed by atoms with E-state index in [1.54, 1.807) is 13.2 Å². The molecule has 2 heterocycles. The monoisotopic (exact) mass is 618 g/mol. The van der Waals surface area contributed by atoms with Gasteiger partial charge in [0.25, 0.3) is 0 Å². The van der Waals surface area contributed by atoms with Gasteiger partial charge in [-0.1, -0.05) is 31.9 Å². The quantitative estimate of drug-likeness (QED) is 0.0611. The fourth-order valence-corrected chi connectivity index (χ4v) is 5.47. The van der Waals surface area contributed by atoms with Crippen LogP contribution in [0.3, 0.4) is 0 Å². The number of benzene rings is 2. The second kappa shape index (κ2) is 15.8. The first-order chi connectivity index (χ1) is 22.0. The molecular formula is C31H42N10O4. The van der Waals surface area contributed by atoms with Crippen molar-refractivity contribution in [1.29, 1.82) is 0 Å². The van der Waals surface area contributed by atoms with Crippen LogP contribution in [0.15, 0.2) is 41.0 Å². The molecule has 14 nitrogen and oxygen atoms in total. The number of unbranched alkanes of at least 4 members (excludes halogenated alkanes) is 3. The van der Waals surface area contributed by atoms with Gasteiger partial charge in [0.2, 0.25) is 23.4 Å². The number of methoxy groups -OCH3 is 1. The van der Waals surface area contributed by atoms with Crippen molar-refractivity contribution in [2.75, 3.05) is 48.0 Å². The number of rotatable bonds is 17. The smallest absolute Gasteiger partial charge is 0.300 e. The third-order valence-electron chi connectivity index (χ3n) is 8.13. The van der Waals surface area contributed by atoms with Gasteiger partial charge in [-0.05, 0) is 84.9 Å². The highest BCUT2D eigenvalue weighted by Crippen LogP contribution is 2.29. The van der Waals surface area contributed by atoms with Gasteiger partial charge in [-0.15, -0.1) is 0 Å². The minimum Gasteiger partial charge on any atom is -0.497 e. The summed E-state index contributed by atoms with van der Waals surface area (Å²) in [5.74, 6) is 3.34. The number of fused-ring (bicyclic) bond motifs is 1. The molecule has 4 N–H and O–H groups in total. The molecule has 0 atom stereocenters. The van der Waals surface area contributed by atoms with E-state index in [1.807, 2.05) is 12.1 Å². The van der Waals surface area contributed by atoms with Crippen LogP contribution in [0.25, 0.3) is 11.0 Å². The molecule has 0 bridgehead atoms. The molecule has 2 aromatic carbocycles. The van der Waals surface area contributed by atoms with Gasteiger partial charge in [-0.3, -0.25) is 10.1 Å². The molecule has 240 valence electrons. The van der Waals surface area contributed by atoms with E-state index in [4.69, 9.17) is 9.37 Å². The van der Waals surface area contributed by atoms with Crippen LogP contribution in [0.1, 0.15) is 63.9 Å². The molecular weight excluding hydrogens is 576 g/mol. The Morgan fingerprint density at radius 2 is 1.47 bits per heavy atom. The standard InChI is InChI=1S/C31H42N10O4/c1-21-7-11-23(12-8-21)35-31-37-29(36-30(38-31)34-20-17-22-9-13-24(44-2)14-10-22)33-19-6-4-3-5-18-32-25-15-16-26(41(42)43)28-27(25)39-45-40-28/h9-10,13-16,21,23,32H,3-8,11-12,17-20H2,1-2H3,(H3,33,34,35,36,37,38). The maximum Gasteiger partial charge on any atom is 0.300 e. The topological polar surface area (TPSA) is 178 Å². The molecule has 2 aromatic heterocycles. The van der Waals surface area contributed by atoms with Crippen LogP contribution >= 0.6 is 0 Å². The molecule has 1 aliphatic rings. The fourth-order valence-electron chi connectivity index (χ4n) is 5.47. The number of hydrogen-bond acceptors (Lipinski definition) is 13. The molecule has 0 aliphatic heterocycles. The lowest BCUT2D eigenvalue weighted by atomic mass is 9.87. The minimum absolute atomic E-state index is 0.120. The third kappa shape index (κ3) is 9.13. The Hall–Kier alpha value is -4.75. The average Bonchev–Trinajstić information content (AvgIpc) is 3.54. The Bertz CT molecular complexity index is 1520. The van der Waals surface area contributed by atoms with Crippen LogP contribution in [-0.2, 0) is 6.42 Å². The van der Waals surface area contributed by atoms with Crippen LogP contribution in [0, 0.1) is 16.0 Å². The molecule has 0 amide bonds. The van der Waals surface area contributed by atoms with E-state index in [-0.39, 0.29) is 11.2 Å². The van der Waals surface area contributed by atoms with Crippen molar-refractivity contribution in [2.24, 2.45) is 5.92 Å². The zero-order chi connectivity index (χ0) is 31.4. The van der Waals surface area contributed by atoms with Gasteiger partial charge in [0.05, 0.1) is 17.7 Å². The molecule has 0 saturated heterocycles. The van der Waals surface area contributed by atoms with Gasteiger partial charge >= 0.3 is 5.69 Å². The Morgan fingerprint density at radius 3 is 2.16 bits per heavy atom. The molecule has 1 aliphatic carbocycles. The van der Waals surface area contributed by atoms with Crippen LogP contribution in [0.2, 0.25) is 0 Å². The summed E-state index contributed by atoms with van der Waals surface area (Å²) < 4.78 is 9.98. The lowest BCUT2D eigenvalue weighted by molar-refractivity contribution is -0.383. The van der Waals surface area contributed by atoms with Crippen molar-refractivity contribution in [2.45, 2.75) is 70.8 Å². The Labute approximate surface area is 262 Å². The van der Waals surface area contributed by atoms with Crippen molar-refractivity contribution in [3.63, 3.8) is 0 Å². The number of nitro benzene ring substituents is 1. The second-order valence-electron chi connectivity index (χ2n) is 11.6. The maximum atomic E-state index is 11.2. The van der Waals surface area contributed by atoms with E-state index < -0.39 is 4.92 Å². The van der Waals surface area contributed by atoms with Gasteiger partial charge in [-0.2, -0.15) is 15.0 Å². The van der Waals surface area contributed by atoms with Gasteiger partial charge in [0.1, 0.15) is 5.75 Å². The number of nitrogens with one attached hydrogen (secondary N) is 4. The molecule has 1 fully saturated rings. The van der Waals surface area contributed by atoms with Crippen molar-refractivity contribution >= 4 is 40.3 Å². The minimum atomic E-state index is -0.489. The molecule has 5 rings (SSSR count). The number of anilines is 4. The zero-order valence-corrected chi connectivity index (χ0v) is 25.9. The first-order valence-corrected chi connectivity index (χ1v) is 15.8. The summed E-state index contributed by atoms with van der Waals surface area (Å²) in [7, 11) is 1.67. The van der Waals surface area contributed by atoms with E-state index in [2.05, 4.69) is 65.6 Å². The van der Waals surface area contributed by atoms with E-state index in [0.717, 1.165) is 63.2 Å². The van der Waals surface area contributed by atoms with Crippen molar-refractivity contribution < 1.29 is 14.3 Å². The number of hydrogen-bond donors (Lipinski definition) is 4. The van der Waals surface area contributed by atoms with E-state index >= 15 is 0 Å². The summed E-state index contributed by atoms with van der Waals surface area (Å²) in [6.45, 7) is 4.47. The summed E-state index contributed by atoms with van der Waals surface area (Å²) in [5.41, 5.74) is 2.28. The van der Waals surface area contributed by atoms with Crippen LogP contribution in [-0.4, -0.2) is 63.0 Å². The molecule has 4 aromatic rings. The summed E-state index contributed by atoms with van der Waals surface area (Å²) in [4.78, 5) is 24.7. The van der Waals surface area contributed by atoms with Crippen LogP contribution in [0.4, 0.5) is 29.2 Å². The third-order valence-corrected chi connectivity index (χ3v) is 8.13. The number of nitro groups is 1. The van der Waals surface area contributed by atoms with Gasteiger partial charge in [0.15, 0.2) is 5.52 Å². The van der Waals surface area contributed by atoms with Crippen molar-refractivity contribution in [1.82, 2.24) is 25.3 Å². The largest absolute Gasteiger partial charge is 0.497 e. The number of ether oxygens (including phenoxy) is 1. The van der Waals surface area contributed by atoms with E-state index in [1.165, 1.54) is 24.5 Å². The molecule has 0 unspecified atom stereocenters. The fraction of sp³-hybridized carbons (Fsp3) is 0.516. The Morgan fingerprint density at radius 1 is 0.822 bits per heavy atom. The van der Waals surface area contributed by atoms with Gasteiger partial charge in [-0.25, -0.2) is 4.63 Å². The first kappa shape index (κ1) is 31.7. The molecule has 0 radical (unpaired) electrons. The Balaban J connectivity index is 1.07. The lowest BCUT2D eigenvalue weighted by Crippen LogP contribution is -2.26. The molecule has 14 heteroatoms. The first-order valence-electron chi connectivity index (χ1n) is 15.8. The van der Waals surface area contributed by atoms with Gasteiger partial charge in [0, 0.05) is 31.7 Å². The van der Waals surface area contributed by atoms with Crippen molar-refractivity contribution in [3.8, 4) is 5.75 Å². The summed E-state index contributed by atoms with van der Waals surface area (Å²) in [6, 6.07) is 11.5. The zero-order valence-electron chi connectivity index (χ0n) is 25.9. The predicted molar refractivity (Wildman–Crippen MR) is 174 cm³/mol. The second-order valence-corrected chi connectivity index (χ2v) is 11.6. The maximum absolute atomic E-state index is 11.2. The molecule has 0 spiro atoms. The summed E-state index contributed by atoms with van der Waals surface area (Å²) in [6.07, 6.45) is 9.45. The highest BCUT2D eigenvalue weighted by atomic mass is 16.6. The predicted octanol–water partition coefficient (Wildman–Crippen LogP) is 6.05. The normalized spacial score (nSPS) is 16.3. The van der Waals surface area contributed by atoms with Crippen LogP contribution < -0.4 is 26.0 Å². The molecule has 45 heavy (non-hydrogen) atoms. The average molecular weight is 619 g/mol. The highest BCUT2D eigenvalue weighted by Gasteiger charge is 2.20. The van der Waals surface area contributed by atoms with E-state index in [9.17, 15) is 10.1 Å². The van der Waals surface area contributed by atoms with Crippen molar-refractivity contribution in [3.05, 3.63) is 52.1 Å². The SMILES string of the molecule is COc1ccc(CCNc2nc(NCCCCCCNc3ccc([N+](=O)[O-])c4nonc34)nc(NC3CCC(C)CC3)n2)cc1. The summed E-state index contributed by atoms with van der Waals surface area (Å²) >= 11 is 0. The number of non-ortho nitro benzene ring substituents is 1. The number of aromatic nitrogens is 5. The highest BCUT2D eigenvalue weighted by molar-refractivity contribution is 5.93. The van der Waals surface area contributed by atoms with Crippen LogP contribution in [0.5, 0.6) is 5.75 Å². The van der Waals surface area contributed by atoms with Gasteiger partial charge < -0.3 is 26.0 Å².